The molecule has 0 saturated carbocycles. The van der Waals surface area contributed by atoms with Crippen molar-refractivity contribution in [3.63, 3.8) is 0 Å². The Morgan fingerprint density at radius 1 is 1.14 bits per heavy atom. The van der Waals surface area contributed by atoms with Crippen LogP contribution in [0.2, 0.25) is 0 Å². The minimum absolute atomic E-state index is 0.00496. The maximum Gasteiger partial charge on any atom is 0.227 e. The van der Waals surface area contributed by atoms with Crippen molar-refractivity contribution in [2.75, 3.05) is 20.8 Å². The van der Waals surface area contributed by atoms with E-state index in [0.717, 1.165) is 17.6 Å². The number of methoxy groups -OCH3 is 2. The van der Waals surface area contributed by atoms with Crippen molar-refractivity contribution in [3.8, 4) is 17.2 Å². The second-order valence-electron chi connectivity index (χ2n) is 9.00. The lowest BCUT2D eigenvalue weighted by Gasteiger charge is -2.29. The van der Waals surface area contributed by atoms with Gasteiger partial charge in [-0.05, 0) is 42.7 Å². The van der Waals surface area contributed by atoms with E-state index in [2.05, 4.69) is 11.1 Å². The van der Waals surface area contributed by atoms with Crippen molar-refractivity contribution >= 4 is 16.8 Å². The number of benzene rings is 2. The molecule has 5 rings (SSSR count). The Hall–Kier alpha value is -4.20. The molecule has 0 saturated heterocycles. The summed E-state index contributed by atoms with van der Waals surface area (Å²) in [4.78, 5) is 31.2. The van der Waals surface area contributed by atoms with E-state index >= 15 is 0 Å². The number of carbonyl (C=O) groups excluding carboxylic acids is 1. The highest BCUT2D eigenvalue weighted by Gasteiger charge is 2.30. The van der Waals surface area contributed by atoms with E-state index in [9.17, 15) is 14.7 Å². The number of para-hydroxylation sites is 1. The van der Waals surface area contributed by atoms with Gasteiger partial charge in [0.25, 0.3) is 0 Å². The van der Waals surface area contributed by atoms with Crippen LogP contribution >= 0.6 is 0 Å². The van der Waals surface area contributed by atoms with Crippen molar-refractivity contribution in [2.24, 2.45) is 0 Å². The standard InChI is InChI=1S/C28H28N2O6/c1-16-12-23(31)27(33)28(36-16)20(17-8-9-24(34-2)25(13-17)35-3)14-26(32)30-11-10-19-18-6-4-5-7-21(18)29-22(19)15-30/h4-9,12-13,20,29,33H,10-11,14-15H2,1-3H3/t20-/m0/s1. The fraction of sp³-hybridized carbons (Fsp3) is 0.286. The molecular weight excluding hydrogens is 460 g/mol. The topological polar surface area (TPSA) is 105 Å². The van der Waals surface area contributed by atoms with Crippen LogP contribution in [0.15, 0.2) is 57.7 Å². The lowest BCUT2D eigenvalue weighted by Crippen LogP contribution is -2.36. The number of hydrogen-bond donors (Lipinski definition) is 2. The highest BCUT2D eigenvalue weighted by atomic mass is 16.5. The number of carbonyl (C=O) groups is 1. The number of fused-ring (bicyclic) bond motifs is 3. The molecule has 0 spiro atoms. The first-order valence-electron chi connectivity index (χ1n) is 11.8. The van der Waals surface area contributed by atoms with Gasteiger partial charge in [0, 0.05) is 35.6 Å². The van der Waals surface area contributed by atoms with Crippen molar-refractivity contribution in [1.82, 2.24) is 9.88 Å². The number of H-pyrrole nitrogens is 1. The SMILES string of the molecule is COc1ccc([C@H](CC(=O)N2CCc3c([nH]c4ccccc34)C2)c2oc(C)cc(=O)c2O)cc1OC. The molecule has 186 valence electrons. The summed E-state index contributed by atoms with van der Waals surface area (Å²) in [6, 6.07) is 14.6. The molecule has 4 aromatic rings. The van der Waals surface area contributed by atoms with Gasteiger partial charge in [0.15, 0.2) is 17.3 Å². The third-order valence-corrected chi connectivity index (χ3v) is 6.81. The van der Waals surface area contributed by atoms with Gasteiger partial charge in [-0.1, -0.05) is 24.3 Å². The molecule has 0 aliphatic carbocycles. The third-order valence-electron chi connectivity index (χ3n) is 6.81. The van der Waals surface area contributed by atoms with Crippen LogP contribution in [0.3, 0.4) is 0 Å². The van der Waals surface area contributed by atoms with Gasteiger partial charge >= 0.3 is 0 Å². The second-order valence-corrected chi connectivity index (χ2v) is 9.00. The number of rotatable bonds is 6. The quantitative estimate of drug-likeness (QED) is 0.420. The van der Waals surface area contributed by atoms with Crippen LogP contribution in [-0.4, -0.2) is 41.7 Å². The lowest BCUT2D eigenvalue weighted by molar-refractivity contribution is -0.132. The van der Waals surface area contributed by atoms with E-state index in [1.165, 1.54) is 24.1 Å². The molecule has 36 heavy (non-hydrogen) atoms. The number of aromatic hydroxyl groups is 1. The van der Waals surface area contributed by atoms with E-state index in [1.807, 2.05) is 18.2 Å². The maximum absolute atomic E-state index is 13.6. The van der Waals surface area contributed by atoms with Crippen LogP contribution in [0.4, 0.5) is 0 Å². The normalized spacial score (nSPS) is 13.9. The predicted molar refractivity (Wildman–Crippen MR) is 135 cm³/mol. The fourth-order valence-electron chi connectivity index (χ4n) is 5.00. The Morgan fingerprint density at radius 3 is 2.69 bits per heavy atom. The molecule has 2 aromatic carbocycles. The highest BCUT2D eigenvalue weighted by molar-refractivity contribution is 5.86. The smallest absolute Gasteiger partial charge is 0.227 e. The first-order chi connectivity index (χ1) is 17.4. The summed E-state index contributed by atoms with van der Waals surface area (Å²) in [5, 5.41) is 11.8. The molecule has 8 nitrogen and oxygen atoms in total. The van der Waals surface area contributed by atoms with Gasteiger partial charge in [-0.3, -0.25) is 9.59 Å². The summed E-state index contributed by atoms with van der Waals surface area (Å²) in [6.07, 6.45) is 0.752. The van der Waals surface area contributed by atoms with Crippen LogP contribution < -0.4 is 14.9 Å². The number of nitrogens with zero attached hydrogens (tertiary/aromatic N) is 1. The van der Waals surface area contributed by atoms with Crippen molar-refractivity contribution in [3.05, 3.63) is 87.1 Å². The number of aryl methyl sites for hydroxylation is 1. The maximum atomic E-state index is 13.6. The summed E-state index contributed by atoms with van der Waals surface area (Å²) in [6.45, 7) is 2.68. The van der Waals surface area contributed by atoms with Crippen LogP contribution in [-0.2, 0) is 17.8 Å². The molecule has 1 aliphatic heterocycles. The molecule has 0 bridgehead atoms. The Morgan fingerprint density at radius 2 is 1.92 bits per heavy atom. The van der Waals surface area contributed by atoms with Crippen molar-refractivity contribution in [1.29, 1.82) is 0 Å². The summed E-state index contributed by atoms with van der Waals surface area (Å²) in [5.74, 6) is 0.114. The lowest BCUT2D eigenvalue weighted by atomic mass is 9.90. The van der Waals surface area contributed by atoms with Gasteiger partial charge in [-0.25, -0.2) is 0 Å². The minimum Gasteiger partial charge on any atom is -0.502 e. The molecule has 1 amide bonds. The summed E-state index contributed by atoms with van der Waals surface area (Å²) < 4.78 is 16.6. The van der Waals surface area contributed by atoms with Gasteiger partial charge in [0.05, 0.1) is 26.7 Å². The molecule has 1 aliphatic rings. The molecule has 0 fully saturated rings. The van der Waals surface area contributed by atoms with E-state index in [0.29, 0.717) is 35.9 Å². The molecule has 1 atom stereocenters. The number of hydrogen-bond acceptors (Lipinski definition) is 6. The zero-order valence-electron chi connectivity index (χ0n) is 20.5. The Bertz CT molecular complexity index is 1500. The van der Waals surface area contributed by atoms with Crippen LogP contribution in [0.1, 0.15) is 40.7 Å². The molecule has 2 aromatic heterocycles. The molecule has 3 heterocycles. The third kappa shape index (κ3) is 4.19. The molecule has 0 unspecified atom stereocenters. The molecule has 0 radical (unpaired) electrons. The molecule has 8 heteroatoms. The van der Waals surface area contributed by atoms with Gasteiger partial charge in [-0.15, -0.1) is 0 Å². The van der Waals surface area contributed by atoms with Crippen molar-refractivity contribution in [2.45, 2.75) is 32.2 Å². The molecule has 2 N–H and O–H groups in total. The number of amides is 1. The summed E-state index contributed by atoms with van der Waals surface area (Å²) >= 11 is 0. The Labute approximate surface area is 208 Å². The average molecular weight is 489 g/mol. The Kier molecular flexibility index (Phi) is 6.18. The van der Waals surface area contributed by atoms with E-state index < -0.39 is 17.1 Å². The minimum atomic E-state index is -0.700. The average Bonchev–Trinajstić information content (AvgIpc) is 3.26. The van der Waals surface area contributed by atoms with E-state index in [1.54, 1.807) is 37.1 Å². The van der Waals surface area contributed by atoms with Crippen LogP contribution in [0.25, 0.3) is 10.9 Å². The van der Waals surface area contributed by atoms with Crippen LogP contribution in [0.5, 0.6) is 17.2 Å². The summed E-state index contributed by atoms with van der Waals surface area (Å²) in [7, 11) is 3.07. The predicted octanol–water partition coefficient (Wildman–Crippen LogP) is 4.26. The van der Waals surface area contributed by atoms with E-state index in [4.69, 9.17) is 13.9 Å². The largest absolute Gasteiger partial charge is 0.502 e. The second kappa shape index (κ2) is 9.45. The van der Waals surface area contributed by atoms with Gasteiger partial charge < -0.3 is 28.9 Å². The Balaban J connectivity index is 1.49. The van der Waals surface area contributed by atoms with Crippen LogP contribution in [0, 0.1) is 6.92 Å². The number of aromatic nitrogens is 1. The highest BCUT2D eigenvalue weighted by Crippen LogP contribution is 2.38. The van der Waals surface area contributed by atoms with Gasteiger partial charge in [-0.2, -0.15) is 0 Å². The summed E-state index contributed by atoms with van der Waals surface area (Å²) in [5.41, 5.74) is 3.45. The van der Waals surface area contributed by atoms with Gasteiger partial charge in [0.2, 0.25) is 17.1 Å². The number of nitrogens with one attached hydrogen (secondary N) is 1. The van der Waals surface area contributed by atoms with E-state index in [-0.39, 0.29) is 18.1 Å². The number of aromatic amines is 1. The first kappa shape index (κ1) is 23.5. The molecular formula is C28H28N2O6. The monoisotopic (exact) mass is 488 g/mol. The zero-order chi connectivity index (χ0) is 25.4. The first-order valence-corrected chi connectivity index (χ1v) is 11.8. The van der Waals surface area contributed by atoms with Crippen molar-refractivity contribution < 1.29 is 23.8 Å². The number of ether oxygens (including phenoxy) is 2. The zero-order valence-corrected chi connectivity index (χ0v) is 20.5. The van der Waals surface area contributed by atoms with Gasteiger partial charge in [0.1, 0.15) is 5.76 Å². The fourth-order valence-corrected chi connectivity index (χ4v) is 5.00.